The first-order valence-electron chi connectivity index (χ1n) is 6.36. The lowest BCUT2D eigenvalue weighted by molar-refractivity contribution is -0.139. The van der Waals surface area contributed by atoms with Gasteiger partial charge in [0, 0.05) is 12.3 Å². The van der Waals surface area contributed by atoms with Crippen LogP contribution in [-0.4, -0.2) is 35.3 Å². The second kappa shape index (κ2) is 6.69. The first-order valence-corrected chi connectivity index (χ1v) is 6.36. The van der Waals surface area contributed by atoms with Crippen LogP contribution in [-0.2, 0) is 11.2 Å². The fourth-order valence-corrected chi connectivity index (χ4v) is 1.92. The van der Waals surface area contributed by atoms with Crippen LogP contribution in [0.25, 0.3) is 0 Å². The van der Waals surface area contributed by atoms with E-state index in [1.165, 1.54) is 13.3 Å². The standard InChI is InChI=1S/C15H16N2O4/c1-20-11-5-3-10(4-6-11)9-12(15(18)19)14-16-8-7-13(17-14)21-2/h3-8,12H,9H2,1-2H3,(H,18,19). The van der Waals surface area contributed by atoms with Crippen molar-refractivity contribution in [2.75, 3.05) is 14.2 Å². The molecule has 1 aromatic heterocycles. The Hall–Kier alpha value is -2.63. The molecule has 0 saturated heterocycles. The van der Waals surface area contributed by atoms with E-state index in [1.807, 2.05) is 12.1 Å². The van der Waals surface area contributed by atoms with Gasteiger partial charge in [0.15, 0.2) is 0 Å². The van der Waals surface area contributed by atoms with E-state index >= 15 is 0 Å². The van der Waals surface area contributed by atoms with Crippen molar-refractivity contribution in [1.82, 2.24) is 9.97 Å². The number of nitrogens with zero attached hydrogens (tertiary/aromatic N) is 2. The highest BCUT2D eigenvalue weighted by atomic mass is 16.5. The number of ether oxygens (including phenoxy) is 2. The van der Waals surface area contributed by atoms with E-state index in [9.17, 15) is 9.90 Å². The van der Waals surface area contributed by atoms with Crippen LogP contribution in [0.1, 0.15) is 17.3 Å². The molecule has 6 heteroatoms. The maximum Gasteiger partial charge on any atom is 0.314 e. The molecule has 1 atom stereocenters. The summed E-state index contributed by atoms with van der Waals surface area (Å²) in [4.78, 5) is 19.6. The molecule has 0 aliphatic rings. The molecule has 0 spiro atoms. The molecule has 0 radical (unpaired) electrons. The van der Waals surface area contributed by atoms with Crippen molar-refractivity contribution in [2.24, 2.45) is 0 Å². The second-order valence-corrected chi connectivity index (χ2v) is 4.40. The Kier molecular flexibility index (Phi) is 4.71. The second-order valence-electron chi connectivity index (χ2n) is 4.40. The number of carbonyl (C=O) groups is 1. The topological polar surface area (TPSA) is 81.5 Å². The third kappa shape index (κ3) is 3.68. The van der Waals surface area contributed by atoms with Crippen LogP contribution in [0, 0.1) is 0 Å². The quantitative estimate of drug-likeness (QED) is 0.874. The van der Waals surface area contributed by atoms with E-state index in [2.05, 4.69) is 9.97 Å². The number of carboxylic acids is 1. The molecule has 0 bridgehead atoms. The van der Waals surface area contributed by atoms with Crippen LogP contribution in [0.2, 0.25) is 0 Å². The number of aromatic nitrogens is 2. The fourth-order valence-electron chi connectivity index (χ4n) is 1.92. The van der Waals surface area contributed by atoms with Crippen molar-refractivity contribution in [1.29, 1.82) is 0 Å². The first kappa shape index (κ1) is 14.8. The summed E-state index contributed by atoms with van der Waals surface area (Å²) in [6.45, 7) is 0. The van der Waals surface area contributed by atoms with Crippen molar-refractivity contribution in [2.45, 2.75) is 12.3 Å². The lowest BCUT2D eigenvalue weighted by Gasteiger charge is -2.12. The summed E-state index contributed by atoms with van der Waals surface area (Å²) in [5.74, 6) is -0.491. The van der Waals surface area contributed by atoms with Gasteiger partial charge in [0.2, 0.25) is 5.88 Å². The maximum absolute atomic E-state index is 11.5. The Morgan fingerprint density at radius 1 is 1.19 bits per heavy atom. The molecular weight excluding hydrogens is 272 g/mol. The Labute approximate surface area is 122 Å². The predicted molar refractivity (Wildman–Crippen MR) is 75.7 cm³/mol. The highest BCUT2D eigenvalue weighted by Gasteiger charge is 2.23. The number of methoxy groups -OCH3 is 2. The van der Waals surface area contributed by atoms with Crippen LogP contribution >= 0.6 is 0 Å². The summed E-state index contributed by atoms with van der Waals surface area (Å²) >= 11 is 0. The van der Waals surface area contributed by atoms with Gasteiger partial charge >= 0.3 is 5.97 Å². The molecule has 1 N–H and O–H groups in total. The van der Waals surface area contributed by atoms with Crippen LogP contribution in [0.3, 0.4) is 0 Å². The third-order valence-corrected chi connectivity index (χ3v) is 3.07. The molecule has 1 unspecified atom stereocenters. The van der Waals surface area contributed by atoms with Crippen molar-refractivity contribution in [3.8, 4) is 11.6 Å². The monoisotopic (exact) mass is 288 g/mol. The highest BCUT2D eigenvalue weighted by molar-refractivity contribution is 5.75. The van der Waals surface area contributed by atoms with Gasteiger partial charge in [-0.15, -0.1) is 0 Å². The largest absolute Gasteiger partial charge is 0.497 e. The van der Waals surface area contributed by atoms with Gasteiger partial charge in [0.05, 0.1) is 14.2 Å². The van der Waals surface area contributed by atoms with E-state index < -0.39 is 11.9 Å². The normalized spacial score (nSPS) is 11.7. The molecule has 110 valence electrons. The SMILES string of the molecule is COc1ccc(CC(C(=O)O)c2nccc(OC)n2)cc1. The van der Waals surface area contributed by atoms with E-state index in [0.29, 0.717) is 12.3 Å². The average Bonchev–Trinajstić information content (AvgIpc) is 2.53. The summed E-state index contributed by atoms with van der Waals surface area (Å²) in [5.41, 5.74) is 0.870. The van der Waals surface area contributed by atoms with Crippen molar-refractivity contribution >= 4 is 5.97 Å². The lowest BCUT2D eigenvalue weighted by atomic mass is 9.98. The number of carboxylic acid groups (broad SMARTS) is 1. The minimum Gasteiger partial charge on any atom is -0.497 e. The number of benzene rings is 1. The Morgan fingerprint density at radius 3 is 2.48 bits per heavy atom. The molecular formula is C15H16N2O4. The summed E-state index contributed by atoms with van der Waals surface area (Å²) in [5, 5.41) is 9.41. The van der Waals surface area contributed by atoms with Crippen LogP contribution in [0.4, 0.5) is 0 Å². The van der Waals surface area contributed by atoms with E-state index in [0.717, 1.165) is 11.3 Å². The number of rotatable bonds is 6. The smallest absolute Gasteiger partial charge is 0.314 e. The molecule has 1 aromatic carbocycles. The van der Waals surface area contributed by atoms with Gasteiger partial charge in [0.1, 0.15) is 17.5 Å². The summed E-state index contributed by atoms with van der Waals surface area (Å²) in [7, 11) is 3.06. The van der Waals surface area contributed by atoms with Gasteiger partial charge in [-0.3, -0.25) is 4.79 Å². The van der Waals surface area contributed by atoms with Crippen LogP contribution < -0.4 is 9.47 Å². The zero-order valence-corrected chi connectivity index (χ0v) is 11.8. The van der Waals surface area contributed by atoms with Crippen LogP contribution in [0.15, 0.2) is 36.5 Å². The minimum atomic E-state index is -0.973. The molecule has 2 rings (SSSR count). The Bertz CT molecular complexity index is 613. The van der Waals surface area contributed by atoms with Gasteiger partial charge in [-0.05, 0) is 24.1 Å². The summed E-state index contributed by atoms with van der Waals surface area (Å²) in [6, 6.07) is 8.82. The van der Waals surface area contributed by atoms with E-state index in [-0.39, 0.29) is 5.82 Å². The molecule has 0 saturated carbocycles. The molecule has 0 amide bonds. The van der Waals surface area contributed by atoms with Crippen molar-refractivity contribution < 1.29 is 19.4 Å². The molecule has 21 heavy (non-hydrogen) atoms. The molecule has 2 aromatic rings. The number of aliphatic carboxylic acids is 1. The van der Waals surface area contributed by atoms with Crippen molar-refractivity contribution in [3.63, 3.8) is 0 Å². The molecule has 1 heterocycles. The molecule has 0 fully saturated rings. The molecule has 6 nitrogen and oxygen atoms in total. The zero-order valence-electron chi connectivity index (χ0n) is 11.8. The Morgan fingerprint density at radius 2 is 1.90 bits per heavy atom. The van der Waals surface area contributed by atoms with Gasteiger partial charge in [-0.1, -0.05) is 12.1 Å². The predicted octanol–water partition coefficient (Wildman–Crippen LogP) is 1.90. The summed E-state index contributed by atoms with van der Waals surface area (Å²) < 4.78 is 10.1. The van der Waals surface area contributed by atoms with Gasteiger partial charge in [-0.25, -0.2) is 4.98 Å². The fraction of sp³-hybridized carbons (Fsp3) is 0.267. The Balaban J connectivity index is 2.23. The molecule has 0 aliphatic carbocycles. The van der Waals surface area contributed by atoms with Gasteiger partial charge in [0.25, 0.3) is 0 Å². The van der Waals surface area contributed by atoms with E-state index in [1.54, 1.807) is 25.3 Å². The van der Waals surface area contributed by atoms with E-state index in [4.69, 9.17) is 9.47 Å². The van der Waals surface area contributed by atoms with Crippen molar-refractivity contribution in [3.05, 3.63) is 47.9 Å². The third-order valence-electron chi connectivity index (χ3n) is 3.07. The first-order chi connectivity index (χ1) is 10.1. The average molecular weight is 288 g/mol. The maximum atomic E-state index is 11.5. The minimum absolute atomic E-state index is 0.234. The lowest BCUT2D eigenvalue weighted by Crippen LogP contribution is -2.17. The summed E-state index contributed by atoms with van der Waals surface area (Å²) in [6.07, 6.45) is 1.79. The van der Waals surface area contributed by atoms with Crippen LogP contribution in [0.5, 0.6) is 11.6 Å². The van der Waals surface area contributed by atoms with Gasteiger partial charge < -0.3 is 14.6 Å². The highest BCUT2D eigenvalue weighted by Crippen LogP contribution is 2.21. The van der Waals surface area contributed by atoms with Gasteiger partial charge in [-0.2, -0.15) is 4.98 Å². The molecule has 0 aliphatic heterocycles. The number of hydrogen-bond acceptors (Lipinski definition) is 5. The zero-order chi connectivity index (χ0) is 15.2. The number of hydrogen-bond donors (Lipinski definition) is 1.